The first-order valence-electron chi connectivity index (χ1n) is 6.00. The first kappa shape index (κ1) is 11.3. The van der Waals surface area contributed by atoms with E-state index in [4.69, 9.17) is 4.74 Å². The van der Waals surface area contributed by atoms with Crippen LogP contribution in [0.15, 0.2) is 27.5 Å². The number of rotatable bonds is 0. The van der Waals surface area contributed by atoms with E-state index in [0.29, 0.717) is 12.0 Å². The molecule has 17 heavy (non-hydrogen) atoms. The Morgan fingerprint density at radius 1 is 1.41 bits per heavy atom. The van der Waals surface area contributed by atoms with Gasteiger partial charge in [0.25, 0.3) is 0 Å². The fraction of sp³-hybridized carbons (Fsp3) is 0.571. The number of hydrogen-bond donors (Lipinski definition) is 0. The smallest absolute Gasteiger partial charge is 0.138 e. The lowest BCUT2D eigenvalue weighted by Gasteiger charge is -2.40. The Labute approximate surface area is 110 Å². The van der Waals surface area contributed by atoms with E-state index in [2.05, 4.69) is 35.9 Å². The van der Waals surface area contributed by atoms with Crippen molar-refractivity contribution in [2.45, 2.75) is 45.1 Å². The Hall–Kier alpha value is -0.790. The van der Waals surface area contributed by atoms with Crippen LogP contribution in [0.1, 0.15) is 39.5 Å². The lowest BCUT2D eigenvalue weighted by molar-refractivity contribution is 0.0367. The maximum Gasteiger partial charge on any atom is 0.138 e. The van der Waals surface area contributed by atoms with E-state index in [9.17, 15) is 4.79 Å². The third-order valence-electron chi connectivity index (χ3n) is 3.91. The summed E-state index contributed by atoms with van der Waals surface area (Å²) < 4.78 is 7.13. The molecule has 0 radical (unpaired) electrons. The third kappa shape index (κ3) is 1.73. The van der Waals surface area contributed by atoms with Crippen molar-refractivity contribution in [1.82, 2.24) is 0 Å². The highest BCUT2D eigenvalue weighted by atomic mass is 79.9. The molecule has 2 nitrogen and oxygen atoms in total. The molecular formula is C14H15BrO2. The second-order valence-electron chi connectivity index (χ2n) is 5.94. The zero-order valence-electron chi connectivity index (χ0n) is 10.1. The summed E-state index contributed by atoms with van der Waals surface area (Å²) in [6.45, 7) is 4.46. The summed E-state index contributed by atoms with van der Waals surface area (Å²) in [6, 6.07) is 0. The van der Waals surface area contributed by atoms with Gasteiger partial charge >= 0.3 is 0 Å². The van der Waals surface area contributed by atoms with Gasteiger partial charge in [0, 0.05) is 16.5 Å². The van der Waals surface area contributed by atoms with Crippen molar-refractivity contribution in [2.24, 2.45) is 5.41 Å². The largest absolute Gasteiger partial charge is 0.486 e. The lowest BCUT2D eigenvalue weighted by Crippen LogP contribution is -2.34. The monoisotopic (exact) mass is 294 g/mol. The first-order chi connectivity index (χ1) is 7.96. The SMILES string of the molecule is CC1(C)CC2(CC2)OC2=C1C=C(Br)CC2=C=O. The minimum atomic E-state index is 0.0160. The van der Waals surface area contributed by atoms with Gasteiger partial charge in [-0.05, 0) is 30.8 Å². The lowest BCUT2D eigenvalue weighted by atomic mass is 9.73. The van der Waals surface area contributed by atoms with Crippen molar-refractivity contribution in [2.75, 3.05) is 0 Å². The van der Waals surface area contributed by atoms with Crippen LogP contribution < -0.4 is 0 Å². The maximum atomic E-state index is 11.1. The maximum absolute atomic E-state index is 11.1. The van der Waals surface area contributed by atoms with Gasteiger partial charge in [0.1, 0.15) is 17.3 Å². The highest BCUT2D eigenvalue weighted by Crippen LogP contribution is 2.58. The van der Waals surface area contributed by atoms with Crippen molar-refractivity contribution >= 4 is 21.9 Å². The van der Waals surface area contributed by atoms with E-state index in [1.165, 1.54) is 0 Å². The second-order valence-corrected chi connectivity index (χ2v) is 6.96. The molecule has 3 heteroatoms. The number of allylic oxidation sites excluding steroid dienone is 4. The molecule has 0 bridgehead atoms. The summed E-state index contributed by atoms with van der Waals surface area (Å²) >= 11 is 3.50. The molecule has 0 N–H and O–H groups in total. The summed E-state index contributed by atoms with van der Waals surface area (Å²) in [5.41, 5.74) is 1.90. The van der Waals surface area contributed by atoms with Crippen LogP contribution in [0.5, 0.6) is 0 Å². The van der Waals surface area contributed by atoms with Crippen molar-refractivity contribution in [1.29, 1.82) is 0 Å². The number of carbonyl (C=O) groups excluding carboxylic acids is 1. The van der Waals surface area contributed by atoms with Gasteiger partial charge in [-0.1, -0.05) is 29.8 Å². The molecule has 0 aromatic rings. The van der Waals surface area contributed by atoms with Crippen LogP contribution in [0.25, 0.3) is 0 Å². The zero-order chi connectivity index (χ0) is 12.3. The summed E-state index contributed by atoms with van der Waals surface area (Å²) in [6.07, 6.45) is 6.00. The Balaban J connectivity index is 2.16. The van der Waals surface area contributed by atoms with E-state index in [1.54, 1.807) is 0 Å². The van der Waals surface area contributed by atoms with Crippen molar-refractivity contribution < 1.29 is 9.53 Å². The molecule has 0 unspecified atom stereocenters. The molecule has 1 spiro atoms. The van der Waals surface area contributed by atoms with Gasteiger partial charge in [-0.25, -0.2) is 4.79 Å². The van der Waals surface area contributed by atoms with E-state index in [-0.39, 0.29) is 11.0 Å². The van der Waals surface area contributed by atoms with Crippen LogP contribution in [-0.4, -0.2) is 11.5 Å². The molecule has 0 amide bonds. The van der Waals surface area contributed by atoms with E-state index in [1.807, 2.05) is 5.94 Å². The Bertz CT molecular complexity index is 500. The average molecular weight is 295 g/mol. The molecule has 1 fully saturated rings. The number of ether oxygens (including phenoxy) is 1. The van der Waals surface area contributed by atoms with Gasteiger partial charge in [0.15, 0.2) is 0 Å². The standard InChI is InChI=1S/C14H15BrO2/c1-13(2)8-14(3-4-14)17-12-9(7-16)5-10(15)6-11(12)13/h6H,3-5,8H2,1-2H3. The van der Waals surface area contributed by atoms with Gasteiger partial charge in [-0.2, -0.15) is 0 Å². The topological polar surface area (TPSA) is 26.3 Å². The Morgan fingerprint density at radius 2 is 2.12 bits per heavy atom. The third-order valence-corrected chi connectivity index (χ3v) is 4.42. The van der Waals surface area contributed by atoms with Gasteiger partial charge in [0.2, 0.25) is 0 Å². The fourth-order valence-corrected chi connectivity index (χ4v) is 3.47. The zero-order valence-corrected chi connectivity index (χ0v) is 11.7. The van der Waals surface area contributed by atoms with Gasteiger partial charge in [0.05, 0.1) is 5.57 Å². The highest BCUT2D eigenvalue weighted by molar-refractivity contribution is 9.11. The number of halogens is 1. The van der Waals surface area contributed by atoms with E-state index >= 15 is 0 Å². The average Bonchev–Trinajstić information content (AvgIpc) is 2.97. The second kappa shape index (κ2) is 3.37. The molecule has 3 rings (SSSR count). The van der Waals surface area contributed by atoms with Crippen molar-refractivity contribution in [3.05, 3.63) is 27.5 Å². The Morgan fingerprint density at radius 3 is 2.71 bits per heavy atom. The molecule has 1 saturated carbocycles. The van der Waals surface area contributed by atoms with Crippen LogP contribution in [0.4, 0.5) is 0 Å². The molecule has 1 heterocycles. The van der Waals surface area contributed by atoms with Crippen LogP contribution in [0.3, 0.4) is 0 Å². The number of hydrogen-bond acceptors (Lipinski definition) is 2. The molecule has 0 aromatic carbocycles. The molecule has 0 aromatic heterocycles. The summed E-state index contributed by atoms with van der Waals surface area (Å²) in [7, 11) is 0. The fourth-order valence-electron chi connectivity index (χ4n) is 2.96. The highest BCUT2D eigenvalue weighted by Gasteiger charge is 2.54. The molecule has 0 saturated heterocycles. The minimum absolute atomic E-state index is 0.0160. The summed E-state index contributed by atoms with van der Waals surface area (Å²) in [5, 5.41) is 0. The van der Waals surface area contributed by atoms with Gasteiger partial charge in [-0.15, -0.1) is 0 Å². The molecule has 90 valence electrons. The molecule has 2 aliphatic carbocycles. The van der Waals surface area contributed by atoms with Crippen LogP contribution in [0.2, 0.25) is 0 Å². The molecule has 1 aliphatic heterocycles. The summed E-state index contributed by atoms with van der Waals surface area (Å²) in [4.78, 5) is 11.1. The van der Waals surface area contributed by atoms with Gasteiger partial charge < -0.3 is 4.74 Å². The molecule has 3 aliphatic rings. The first-order valence-corrected chi connectivity index (χ1v) is 6.79. The quantitative estimate of drug-likeness (QED) is 0.637. The van der Waals surface area contributed by atoms with E-state index in [0.717, 1.165) is 35.1 Å². The predicted molar refractivity (Wildman–Crippen MR) is 69.3 cm³/mol. The minimum Gasteiger partial charge on any atom is -0.486 e. The van der Waals surface area contributed by atoms with Crippen molar-refractivity contribution in [3.63, 3.8) is 0 Å². The van der Waals surface area contributed by atoms with E-state index < -0.39 is 0 Å². The van der Waals surface area contributed by atoms with Gasteiger partial charge in [-0.3, -0.25) is 0 Å². The Kier molecular flexibility index (Phi) is 2.24. The molecule has 0 atom stereocenters. The van der Waals surface area contributed by atoms with Crippen molar-refractivity contribution in [3.8, 4) is 0 Å². The van der Waals surface area contributed by atoms with Crippen LogP contribution in [-0.2, 0) is 9.53 Å². The van der Waals surface area contributed by atoms with Crippen LogP contribution >= 0.6 is 15.9 Å². The predicted octanol–water partition coefficient (Wildman–Crippen LogP) is 3.66. The normalized spacial score (nSPS) is 28.2. The molecular weight excluding hydrogens is 280 g/mol. The summed E-state index contributed by atoms with van der Waals surface area (Å²) in [5.74, 6) is 2.85. The van der Waals surface area contributed by atoms with Crippen LogP contribution in [0, 0.1) is 5.41 Å².